The Bertz CT molecular complexity index is 1530. The normalized spacial score (nSPS) is 15.6. The Labute approximate surface area is 209 Å². The zero-order chi connectivity index (χ0) is 26.3. The summed E-state index contributed by atoms with van der Waals surface area (Å²) in [4.78, 5) is 26.1. The van der Waals surface area contributed by atoms with Crippen LogP contribution < -0.4 is 0 Å². The molecule has 1 aliphatic heterocycles. The number of carbonyl (C=O) groups excluding carboxylic acids is 2. The van der Waals surface area contributed by atoms with Crippen LogP contribution in [-0.2, 0) is 28.5 Å². The predicted octanol–water partition coefficient (Wildman–Crippen LogP) is 5.23. The van der Waals surface area contributed by atoms with Gasteiger partial charge in [-0.25, -0.2) is 4.79 Å². The number of benzene rings is 2. The number of nitrogens with one attached hydrogen (secondary N) is 1. The summed E-state index contributed by atoms with van der Waals surface area (Å²) in [6, 6.07) is 11.1. The molecule has 0 aliphatic carbocycles. The molecular formula is C27H23F3N4O3. The molecule has 190 valence electrons. The molecule has 5 rings (SSSR count). The Balaban J connectivity index is 1.56. The van der Waals surface area contributed by atoms with E-state index >= 15 is 0 Å². The minimum Gasteiger partial charge on any atom is -0.461 e. The number of Topliss-reactive ketones (excluding diaryl/α,β-unsaturated/α-hetero) is 1. The fourth-order valence-corrected chi connectivity index (χ4v) is 4.75. The van der Waals surface area contributed by atoms with Gasteiger partial charge in [0.05, 0.1) is 23.9 Å². The molecule has 0 radical (unpaired) electrons. The second-order valence-electron chi connectivity index (χ2n) is 8.97. The smallest absolute Gasteiger partial charge is 0.416 e. The zero-order valence-corrected chi connectivity index (χ0v) is 20.1. The Kier molecular flexibility index (Phi) is 6.18. The van der Waals surface area contributed by atoms with E-state index < -0.39 is 23.8 Å². The molecule has 1 atom stereocenters. The second kappa shape index (κ2) is 9.34. The van der Waals surface area contributed by atoms with Gasteiger partial charge in [0.25, 0.3) is 0 Å². The van der Waals surface area contributed by atoms with Crippen LogP contribution >= 0.6 is 0 Å². The van der Waals surface area contributed by atoms with Gasteiger partial charge in [0.15, 0.2) is 11.5 Å². The molecule has 2 aromatic heterocycles. The van der Waals surface area contributed by atoms with Crippen LogP contribution in [0.2, 0.25) is 0 Å². The summed E-state index contributed by atoms with van der Waals surface area (Å²) in [7, 11) is 0. The van der Waals surface area contributed by atoms with E-state index in [9.17, 15) is 22.8 Å². The number of allylic oxidation sites excluding steroid dienone is 2. The molecular weight excluding hydrogens is 485 g/mol. The number of H-pyrrole nitrogens is 1. The van der Waals surface area contributed by atoms with Gasteiger partial charge in [-0.15, -0.1) is 0 Å². The third-order valence-electron chi connectivity index (χ3n) is 6.45. The average Bonchev–Trinajstić information content (AvgIpc) is 3.49. The molecule has 1 aliphatic rings. The Morgan fingerprint density at radius 3 is 2.59 bits per heavy atom. The van der Waals surface area contributed by atoms with Crippen LogP contribution in [0.1, 0.15) is 52.8 Å². The lowest BCUT2D eigenvalue weighted by atomic mass is 9.85. The lowest BCUT2D eigenvalue weighted by Gasteiger charge is -2.29. The Hall–Kier alpha value is -4.21. The van der Waals surface area contributed by atoms with E-state index in [1.165, 1.54) is 12.1 Å². The van der Waals surface area contributed by atoms with Gasteiger partial charge in [-0.05, 0) is 55.3 Å². The summed E-state index contributed by atoms with van der Waals surface area (Å²) < 4.78 is 46.3. The number of halogens is 3. The number of fused-ring (bicyclic) bond motifs is 2. The number of rotatable bonds is 6. The minimum absolute atomic E-state index is 0.0840. The fourth-order valence-electron chi connectivity index (χ4n) is 4.75. The van der Waals surface area contributed by atoms with E-state index in [2.05, 4.69) is 15.3 Å². The molecule has 0 amide bonds. The van der Waals surface area contributed by atoms with Crippen LogP contribution in [-0.4, -0.2) is 38.3 Å². The highest BCUT2D eigenvalue weighted by molar-refractivity contribution is 5.99. The highest BCUT2D eigenvalue weighted by Crippen LogP contribution is 2.38. The lowest BCUT2D eigenvalue weighted by Crippen LogP contribution is -2.28. The number of alkyl halides is 3. The number of aromatic amines is 1. The summed E-state index contributed by atoms with van der Waals surface area (Å²) >= 11 is 0. The van der Waals surface area contributed by atoms with Gasteiger partial charge in [-0.2, -0.15) is 23.4 Å². The topological polar surface area (TPSA) is 89.9 Å². The molecule has 0 saturated heterocycles. The molecule has 1 unspecified atom stereocenters. The highest BCUT2D eigenvalue weighted by Gasteiger charge is 2.35. The molecule has 0 bridgehead atoms. The van der Waals surface area contributed by atoms with Crippen molar-refractivity contribution in [2.45, 2.75) is 38.9 Å². The molecule has 0 saturated carbocycles. The van der Waals surface area contributed by atoms with Crippen molar-refractivity contribution >= 4 is 22.7 Å². The summed E-state index contributed by atoms with van der Waals surface area (Å²) in [5.41, 5.74) is 3.26. The van der Waals surface area contributed by atoms with E-state index in [4.69, 9.17) is 4.74 Å². The van der Waals surface area contributed by atoms with Crippen molar-refractivity contribution in [3.05, 3.63) is 94.0 Å². The monoisotopic (exact) mass is 508 g/mol. The lowest BCUT2D eigenvalue weighted by molar-refractivity contribution is -0.137. The number of ether oxygens (including phenoxy) is 1. The summed E-state index contributed by atoms with van der Waals surface area (Å²) in [5, 5.41) is 12.2. The van der Waals surface area contributed by atoms with Crippen molar-refractivity contribution in [3.63, 3.8) is 0 Å². The number of hydrogen-bond acceptors (Lipinski definition) is 5. The van der Waals surface area contributed by atoms with Gasteiger partial charge in [-0.1, -0.05) is 23.8 Å². The van der Waals surface area contributed by atoms with Crippen molar-refractivity contribution in [3.8, 4) is 0 Å². The SMILES string of the molecule is CCOC(=O)c1cc2n(n1)C(c1ccc(C(F)(F)F)cc1)C(C(=O)Cc1ccc3[nH]ncc3c1)=C(C)C2. The summed E-state index contributed by atoms with van der Waals surface area (Å²) in [5.74, 6) is -0.779. The Morgan fingerprint density at radius 1 is 1.14 bits per heavy atom. The summed E-state index contributed by atoms with van der Waals surface area (Å²) in [6.45, 7) is 3.68. The largest absolute Gasteiger partial charge is 0.461 e. The van der Waals surface area contributed by atoms with Gasteiger partial charge in [-0.3, -0.25) is 14.6 Å². The molecule has 2 aromatic carbocycles. The fraction of sp³-hybridized carbons (Fsp3) is 0.259. The number of ketones is 1. The second-order valence-corrected chi connectivity index (χ2v) is 8.97. The number of carbonyl (C=O) groups is 2. The Morgan fingerprint density at radius 2 is 1.89 bits per heavy atom. The molecule has 10 heteroatoms. The first-order valence-corrected chi connectivity index (χ1v) is 11.7. The number of aromatic nitrogens is 4. The molecule has 0 spiro atoms. The van der Waals surface area contributed by atoms with Gasteiger partial charge >= 0.3 is 12.1 Å². The maximum absolute atomic E-state index is 13.7. The molecule has 3 heterocycles. The van der Waals surface area contributed by atoms with E-state index in [0.717, 1.165) is 34.2 Å². The number of hydrogen-bond donors (Lipinski definition) is 1. The molecule has 7 nitrogen and oxygen atoms in total. The van der Waals surface area contributed by atoms with E-state index in [1.54, 1.807) is 23.9 Å². The molecule has 4 aromatic rings. The highest BCUT2D eigenvalue weighted by atomic mass is 19.4. The summed E-state index contributed by atoms with van der Waals surface area (Å²) in [6.07, 6.45) is -2.36. The molecule has 37 heavy (non-hydrogen) atoms. The third-order valence-corrected chi connectivity index (χ3v) is 6.45. The van der Waals surface area contributed by atoms with Crippen molar-refractivity contribution in [1.82, 2.24) is 20.0 Å². The maximum Gasteiger partial charge on any atom is 0.416 e. The van der Waals surface area contributed by atoms with E-state index in [0.29, 0.717) is 23.3 Å². The van der Waals surface area contributed by atoms with Crippen LogP contribution in [0.25, 0.3) is 10.9 Å². The van der Waals surface area contributed by atoms with Crippen LogP contribution in [0.15, 0.2) is 65.9 Å². The van der Waals surface area contributed by atoms with Gasteiger partial charge < -0.3 is 4.74 Å². The van der Waals surface area contributed by atoms with Crippen LogP contribution in [0, 0.1) is 0 Å². The average molecular weight is 509 g/mol. The first kappa shape index (κ1) is 24.5. The number of nitrogens with zero attached hydrogens (tertiary/aromatic N) is 3. The third kappa shape index (κ3) is 4.66. The molecule has 1 N–H and O–H groups in total. The van der Waals surface area contributed by atoms with Crippen molar-refractivity contribution < 1.29 is 27.5 Å². The predicted molar refractivity (Wildman–Crippen MR) is 129 cm³/mol. The van der Waals surface area contributed by atoms with Gasteiger partial charge in [0.2, 0.25) is 0 Å². The van der Waals surface area contributed by atoms with Gasteiger partial charge in [0, 0.05) is 29.5 Å². The van der Waals surface area contributed by atoms with Crippen LogP contribution in [0.5, 0.6) is 0 Å². The van der Waals surface area contributed by atoms with Crippen molar-refractivity contribution in [2.24, 2.45) is 0 Å². The van der Waals surface area contributed by atoms with Gasteiger partial charge in [0.1, 0.15) is 6.04 Å². The minimum atomic E-state index is -4.49. The molecule has 0 fully saturated rings. The zero-order valence-electron chi connectivity index (χ0n) is 20.1. The quantitative estimate of drug-likeness (QED) is 0.361. The van der Waals surface area contributed by atoms with Crippen molar-refractivity contribution in [1.29, 1.82) is 0 Å². The number of esters is 1. The first-order chi connectivity index (χ1) is 17.7. The van der Waals surface area contributed by atoms with E-state index in [-0.39, 0.29) is 24.5 Å². The van der Waals surface area contributed by atoms with Crippen LogP contribution in [0.3, 0.4) is 0 Å². The maximum atomic E-state index is 13.7. The van der Waals surface area contributed by atoms with E-state index in [1.807, 2.05) is 25.1 Å². The first-order valence-electron chi connectivity index (χ1n) is 11.7. The van der Waals surface area contributed by atoms with Crippen LogP contribution in [0.4, 0.5) is 13.2 Å². The van der Waals surface area contributed by atoms with Crippen molar-refractivity contribution in [2.75, 3.05) is 6.61 Å². The standard InChI is InChI=1S/C27H23F3N4O3/c1-3-37-26(36)22-13-20-10-15(2)24(23(35)12-16-4-9-21-18(11-16)14-31-32-21)25(34(20)33-22)17-5-7-19(8-6-17)27(28,29)30/h4-9,11,13-14,25H,3,10,12H2,1-2H3,(H,31,32).